The topological polar surface area (TPSA) is 48.1 Å². The average molecular weight is 212 g/mol. The van der Waals surface area contributed by atoms with Crippen molar-refractivity contribution in [3.63, 3.8) is 0 Å². The fourth-order valence-electron chi connectivity index (χ4n) is 1.99. The van der Waals surface area contributed by atoms with E-state index in [2.05, 4.69) is 10.4 Å². The summed E-state index contributed by atoms with van der Waals surface area (Å²) >= 11 is 1.64. The molecule has 0 spiro atoms. The Kier molecular flexibility index (Phi) is 2.85. The van der Waals surface area contributed by atoms with Gasteiger partial charge in [-0.3, -0.25) is 0 Å². The number of thiazole rings is 1. The second-order valence-corrected chi connectivity index (χ2v) is 4.87. The highest BCUT2D eigenvalue weighted by Crippen LogP contribution is 2.36. The second-order valence-electron chi connectivity index (χ2n) is 3.92. The van der Waals surface area contributed by atoms with Crippen molar-refractivity contribution < 1.29 is 4.74 Å². The Bertz CT molecular complexity index is 305. The fraction of sp³-hybridized carbons (Fsp3) is 0.700. The highest BCUT2D eigenvalue weighted by atomic mass is 32.1. The summed E-state index contributed by atoms with van der Waals surface area (Å²) in [5.41, 5.74) is 7.20. The molecule has 1 aliphatic rings. The van der Waals surface area contributed by atoms with Crippen LogP contribution in [0.15, 0.2) is 5.38 Å². The lowest BCUT2D eigenvalue weighted by molar-refractivity contribution is 0.184. The van der Waals surface area contributed by atoms with Gasteiger partial charge in [0.25, 0.3) is 0 Å². The van der Waals surface area contributed by atoms with Gasteiger partial charge >= 0.3 is 0 Å². The molecule has 1 aromatic rings. The molecule has 14 heavy (non-hydrogen) atoms. The van der Waals surface area contributed by atoms with E-state index in [4.69, 9.17) is 10.5 Å². The van der Waals surface area contributed by atoms with Crippen LogP contribution in [0.5, 0.6) is 0 Å². The highest BCUT2D eigenvalue weighted by molar-refractivity contribution is 7.09. The minimum atomic E-state index is -0.150. The lowest BCUT2D eigenvalue weighted by Crippen LogP contribution is -2.33. The minimum Gasteiger partial charge on any atom is -0.378 e. The van der Waals surface area contributed by atoms with Crippen molar-refractivity contribution in [3.05, 3.63) is 16.1 Å². The first kappa shape index (κ1) is 10.1. The minimum absolute atomic E-state index is 0.150. The summed E-state index contributed by atoms with van der Waals surface area (Å²) in [5, 5.41) is 3.11. The number of hydrogen-bond donors (Lipinski definition) is 1. The molecule has 0 atom stereocenters. The number of nitrogens with two attached hydrogens (primary N) is 1. The normalized spacial score (nSPS) is 20.1. The summed E-state index contributed by atoms with van der Waals surface area (Å²) in [4.78, 5) is 4.52. The number of ether oxygens (including phenoxy) is 1. The maximum Gasteiger partial charge on any atom is 0.119 e. The molecule has 1 aromatic heterocycles. The van der Waals surface area contributed by atoms with E-state index in [-0.39, 0.29) is 5.54 Å². The Balaban J connectivity index is 2.15. The Morgan fingerprint density at radius 1 is 1.57 bits per heavy atom. The van der Waals surface area contributed by atoms with Crippen molar-refractivity contribution in [1.82, 2.24) is 4.98 Å². The predicted molar refractivity (Wildman–Crippen MR) is 57.2 cm³/mol. The SMILES string of the molecule is COCc1nc(C2(N)CCCC2)cs1. The monoisotopic (exact) mass is 212 g/mol. The first-order valence-electron chi connectivity index (χ1n) is 4.97. The van der Waals surface area contributed by atoms with Crippen LogP contribution in [-0.4, -0.2) is 12.1 Å². The van der Waals surface area contributed by atoms with Crippen LogP contribution < -0.4 is 5.73 Å². The van der Waals surface area contributed by atoms with Crippen LogP contribution in [0.4, 0.5) is 0 Å². The van der Waals surface area contributed by atoms with Crippen LogP contribution in [0, 0.1) is 0 Å². The molecular weight excluding hydrogens is 196 g/mol. The number of nitrogens with zero attached hydrogens (tertiary/aromatic N) is 1. The smallest absolute Gasteiger partial charge is 0.119 e. The van der Waals surface area contributed by atoms with Gasteiger partial charge in [-0.15, -0.1) is 11.3 Å². The zero-order chi connectivity index (χ0) is 10.0. The summed E-state index contributed by atoms with van der Waals surface area (Å²) in [6, 6.07) is 0. The van der Waals surface area contributed by atoms with Crippen molar-refractivity contribution in [2.75, 3.05) is 7.11 Å². The molecule has 0 radical (unpaired) electrons. The summed E-state index contributed by atoms with van der Waals surface area (Å²) in [5.74, 6) is 0. The van der Waals surface area contributed by atoms with Crippen molar-refractivity contribution in [1.29, 1.82) is 0 Å². The van der Waals surface area contributed by atoms with Gasteiger partial charge in [-0.2, -0.15) is 0 Å². The van der Waals surface area contributed by atoms with Crippen molar-refractivity contribution >= 4 is 11.3 Å². The van der Waals surface area contributed by atoms with Gasteiger partial charge in [0.1, 0.15) is 5.01 Å². The maximum atomic E-state index is 6.29. The quantitative estimate of drug-likeness (QED) is 0.834. The number of hydrogen-bond acceptors (Lipinski definition) is 4. The third-order valence-electron chi connectivity index (χ3n) is 2.83. The Hall–Kier alpha value is -0.450. The molecule has 0 amide bonds. The summed E-state index contributed by atoms with van der Waals surface area (Å²) in [6.45, 7) is 0.598. The Labute approximate surface area is 88.3 Å². The number of methoxy groups -OCH3 is 1. The first-order chi connectivity index (χ1) is 6.74. The van der Waals surface area contributed by atoms with Crippen LogP contribution in [0.1, 0.15) is 36.4 Å². The van der Waals surface area contributed by atoms with Gasteiger partial charge < -0.3 is 10.5 Å². The number of rotatable bonds is 3. The molecule has 0 bridgehead atoms. The van der Waals surface area contributed by atoms with Crippen molar-refractivity contribution in [2.24, 2.45) is 5.73 Å². The van der Waals surface area contributed by atoms with Crippen LogP contribution in [0.2, 0.25) is 0 Å². The summed E-state index contributed by atoms with van der Waals surface area (Å²) in [6.07, 6.45) is 4.60. The van der Waals surface area contributed by atoms with Gasteiger partial charge in [0.15, 0.2) is 0 Å². The Morgan fingerprint density at radius 3 is 2.93 bits per heavy atom. The van der Waals surface area contributed by atoms with Crippen LogP contribution >= 0.6 is 11.3 Å². The highest BCUT2D eigenvalue weighted by Gasteiger charge is 2.33. The predicted octanol–water partition coefficient (Wildman–Crippen LogP) is 2.02. The van der Waals surface area contributed by atoms with Gasteiger partial charge in [0, 0.05) is 12.5 Å². The van der Waals surface area contributed by atoms with E-state index in [0.717, 1.165) is 23.5 Å². The van der Waals surface area contributed by atoms with Gasteiger partial charge in [-0.25, -0.2) is 4.98 Å². The zero-order valence-corrected chi connectivity index (χ0v) is 9.27. The van der Waals surface area contributed by atoms with Crippen molar-refractivity contribution in [3.8, 4) is 0 Å². The second kappa shape index (κ2) is 3.96. The van der Waals surface area contributed by atoms with Crippen molar-refractivity contribution in [2.45, 2.75) is 37.8 Å². The Morgan fingerprint density at radius 2 is 2.29 bits per heavy atom. The lowest BCUT2D eigenvalue weighted by atomic mass is 9.96. The molecule has 1 heterocycles. The molecule has 2 rings (SSSR count). The van der Waals surface area contributed by atoms with Crippen LogP contribution in [-0.2, 0) is 16.9 Å². The third-order valence-corrected chi connectivity index (χ3v) is 3.65. The van der Waals surface area contributed by atoms with E-state index in [0.29, 0.717) is 6.61 Å². The zero-order valence-electron chi connectivity index (χ0n) is 8.45. The van der Waals surface area contributed by atoms with E-state index >= 15 is 0 Å². The molecule has 0 saturated heterocycles. The van der Waals surface area contributed by atoms with Gasteiger partial charge in [0.2, 0.25) is 0 Å². The summed E-state index contributed by atoms with van der Waals surface area (Å²) in [7, 11) is 1.69. The molecule has 1 aliphatic carbocycles. The summed E-state index contributed by atoms with van der Waals surface area (Å²) < 4.78 is 5.04. The molecule has 0 aromatic carbocycles. The lowest BCUT2D eigenvalue weighted by Gasteiger charge is -2.20. The van der Waals surface area contributed by atoms with E-state index in [1.807, 2.05) is 0 Å². The molecule has 78 valence electrons. The fourth-order valence-corrected chi connectivity index (χ4v) is 2.86. The molecule has 0 unspecified atom stereocenters. The largest absolute Gasteiger partial charge is 0.378 e. The van der Waals surface area contributed by atoms with E-state index in [1.165, 1.54) is 12.8 Å². The van der Waals surface area contributed by atoms with Crippen LogP contribution in [0.3, 0.4) is 0 Å². The molecule has 0 aliphatic heterocycles. The maximum absolute atomic E-state index is 6.29. The number of aromatic nitrogens is 1. The van der Waals surface area contributed by atoms with Gasteiger partial charge in [-0.1, -0.05) is 12.8 Å². The average Bonchev–Trinajstić information content (AvgIpc) is 2.75. The molecule has 1 fully saturated rings. The van der Waals surface area contributed by atoms with E-state index < -0.39 is 0 Å². The first-order valence-corrected chi connectivity index (χ1v) is 5.85. The standard InChI is InChI=1S/C10H16N2OS/c1-13-6-9-12-8(7-14-9)10(11)4-2-3-5-10/h7H,2-6,11H2,1H3. The molecule has 3 nitrogen and oxygen atoms in total. The van der Waals surface area contributed by atoms with E-state index in [1.54, 1.807) is 18.4 Å². The third kappa shape index (κ3) is 1.82. The van der Waals surface area contributed by atoms with Crippen LogP contribution in [0.25, 0.3) is 0 Å². The van der Waals surface area contributed by atoms with E-state index in [9.17, 15) is 0 Å². The molecule has 2 N–H and O–H groups in total. The molecular formula is C10H16N2OS. The molecule has 1 saturated carbocycles. The molecule has 4 heteroatoms. The van der Waals surface area contributed by atoms with Gasteiger partial charge in [0.05, 0.1) is 17.8 Å². The van der Waals surface area contributed by atoms with Gasteiger partial charge in [-0.05, 0) is 12.8 Å².